The van der Waals surface area contributed by atoms with E-state index in [1.807, 2.05) is 65.3 Å². The fourth-order valence-corrected chi connectivity index (χ4v) is 3.62. The van der Waals surface area contributed by atoms with Crippen molar-refractivity contribution in [3.05, 3.63) is 72.6 Å². The van der Waals surface area contributed by atoms with Gasteiger partial charge in [0.25, 0.3) is 0 Å². The number of aromatic nitrogens is 5. The quantitative estimate of drug-likeness (QED) is 0.570. The third-order valence-electron chi connectivity index (χ3n) is 4.86. The zero-order valence-corrected chi connectivity index (χ0v) is 14.2. The van der Waals surface area contributed by atoms with Gasteiger partial charge in [0, 0.05) is 18.3 Å². The lowest BCUT2D eigenvalue weighted by Crippen LogP contribution is -2.24. The van der Waals surface area contributed by atoms with Crippen LogP contribution in [0.2, 0.25) is 0 Å². The highest BCUT2D eigenvalue weighted by molar-refractivity contribution is 5.59. The zero-order valence-electron chi connectivity index (χ0n) is 14.2. The van der Waals surface area contributed by atoms with E-state index in [9.17, 15) is 0 Å². The third kappa shape index (κ3) is 2.50. The van der Waals surface area contributed by atoms with E-state index in [0.29, 0.717) is 0 Å². The van der Waals surface area contributed by atoms with E-state index in [2.05, 4.69) is 26.1 Å². The molecule has 5 rings (SSSR count). The molecule has 4 heterocycles. The number of pyridine rings is 1. The third-order valence-corrected chi connectivity index (χ3v) is 4.86. The summed E-state index contributed by atoms with van der Waals surface area (Å²) in [4.78, 5) is 6.88. The van der Waals surface area contributed by atoms with Gasteiger partial charge in [-0.05, 0) is 37.1 Å². The molecule has 6 nitrogen and oxygen atoms in total. The summed E-state index contributed by atoms with van der Waals surface area (Å²) in [5.74, 6) is 1.69. The van der Waals surface area contributed by atoms with Gasteiger partial charge in [-0.1, -0.05) is 36.4 Å². The van der Waals surface area contributed by atoms with Crippen molar-refractivity contribution in [2.75, 3.05) is 11.4 Å². The van der Waals surface area contributed by atoms with E-state index in [1.54, 1.807) is 0 Å². The van der Waals surface area contributed by atoms with E-state index in [-0.39, 0.29) is 6.04 Å². The van der Waals surface area contributed by atoms with Crippen molar-refractivity contribution in [2.45, 2.75) is 18.9 Å². The Balaban J connectivity index is 1.57. The van der Waals surface area contributed by atoms with E-state index in [4.69, 9.17) is 5.10 Å². The summed E-state index contributed by atoms with van der Waals surface area (Å²) in [6.07, 6.45) is 4.08. The number of hydrogen-bond acceptors (Lipinski definition) is 5. The van der Waals surface area contributed by atoms with E-state index < -0.39 is 0 Å². The first-order valence-corrected chi connectivity index (χ1v) is 8.85. The van der Waals surface area contributed by atoms with Crippen molar-refractivity contribution >= 4 is 11.5 Å². The predicted molar refractivity (Wildman–Crippen MR) is 99.8 cm³/mol. The molecule has 0 N–H and O–H groups in total. The molecule has 6 heteroatoms. The molecule has 1 saturated heterocycles. The molecule has 1 aromatic carbocycles. The van der Waals surface area contributed by atoms with Crippen LogP contribution >= 0.6 is 0 Å². The first-order chi connectivity index (χ1) is 12.9. The van der Waals surface area contributed by atoms with Crippen molar-refractivity contribution < 1.29 is 0 Å². The Labute approximate surface area is 151 Å². The van der Waals surface area contributed by atoms with Gasteiger partial charge in [0.2, 0.25) is 0 Å². The second-order valence-electron chi connectivity index (χ2n) is 6.46. The summed E-state index contributed by atoms with van der Waals surface area (Å²) >= 11 is 0. The largest absolute Gasteiger partial charge is 0.347 e. The van der Waals surface area contributed by atoms with Crippen molar-refractivity contribution in [1.82, 2.24) is 24.8 Å². The standard InChI is InChI=1S/C20H18N6/c1-2-7-15(8-3-1)20-23-22-18-11-12-19(24-26(18)20)25-14-6-10-17(25)16-9-4-5-13-21-16/h1-5,7-9,11-13,17H,6,10,14H2. The van der Waals surface area contributed by atoms with Gasteiger partial charge in [-0.15, -0.1) is 15.3 Å². The molecule has 0 amide bonds. The van der Waals surface area contributed by atoms with Gasteiger partial charge in [0.05, 0.1) is 11.7 Å². The highest BCUT2D eigenvalue weighted by Gasteiger charge is 2.28. The Morgan fingerprint density at radius 1 is 0.885 bits per heavy atom. The van der Waals surface area contributed by atoms with Gasteiger partial charge < -0.3 is 4.90 Å². The van der Waals surface area contributed by atoms with Crippen LogP contribution in [-0.4, -0.2) is 31.3 Å². The van der Waals surface area contributed by atoms with Crippen LogP contribution < -0.4 is 4.90 Å². The Bertz CT molecular complexity index is 1030. The highest BCUT2D eigenvalue weighted by Crippen LogP contribution is 2.34. The fraction of sp³-hybridized carbons (Fsp3) is 0.200. The SMILES string of the molecule is c1ccc(-c2nnc3ccc(N4CCCC4c4ccccn4)nn23)cc1. The molecule has 3 aromatic heterocycles. The summed E-state index contributed by atoms with van der Waals surface area (Å²) < 4.78 is 1.83. The minimum absolute atomic E-state index is 0.262. The molecule has 0 radical (unpaired) electrons. The Kier molecular flexibility index (Phi) is 3.59. The van der Waals surface area contributed by atoms with Crippen LogP contribution in [0.25, 0.3) is 17.0 Å². The van der Waals surface area contributed by atoms with Crippen LogP contribution in [-0.2, 0) is 0 Å². The lowest BCUT2D eigenvalue weighted by atomic mass is 10.1. The van der Waals surface area contributed by atoms with Crippen molar-refractivity contribution in [2.24, 2.45) is 0 Å². The molecule has 0 saturated carbocycles. The molecule has 1 unspecified atom stereocenters. The number of hydrogen-bond donors (Lipinski definition) is 0. The number of rotatable bonds is 3. The van der Waals surface area contributed by atoms with Crippen molar-refractivity contribution in [3.63, 3.8) is 0 Å². The molecule has 1 fully saturated rings. The van der Waals surface area contributed by atoms with Crippen LogP contribution in [0.15, 0.2) is 66.9 Å². The maximum Gasteiger partial charge on any atom is 0.185 e. The molecule has 1 atom stereocenters. The van der Waals surface area contributed by atoms with E-state index in [0.717, 1.165) is 47.9 Å². The molecule has 1 aliphatic rings. The normalized spacial score (nSPS) is 17.1. The van der Waals surface area contributed by atoms with Crippen LogP contribution in [0.1, 0.15) is 24.6 Å². The summed E-state index contributed by atoms with van der Waals surface area (Å²) in [6.45, 7) is 0.975. The fourth-order valence-electron chi connectivity index (χ4n) is 3.62. The van der Waals surface area contributed by atoms with Gasteiger partial charge in [0.1, 0.15) is 5.82 Å². The predicted octanol–water partition coefficient (Wildman–Crippen LogP) is 3.53. The number of nitrogens with zero attached hydrogens (tertiary/aromatic N) is 6. The molecule has 0 spiro atoms. The Morgan fingerprint density at radius 3 is 2.62 bits per heavy atom. The Hall–Kier alpha value is -3.28. The van der Waals surface area contributed by atoms with Crippen LogP contribution in [0, 0.1) is 0 Å². The number of fused-ring (bicyclic) bond motifs is 1. The highest BCUT2D eigenvalue weighted by atomic mass is 15.4. The van der Waals surface area contributed by atoms with Gasteiger partial charge >= 0.3 is 0 Å². The first-order valence-electron chi connectivity index (χ1n) is 8.85. The van der Waals surface area contributed by atoms with Crippen molar-refractivity contribution in [1.29, 1.82) is 0 Å². The maximum atomic E-state index is 4.86. The van der Waals surface area contributed by atoms with Gasteiger partial charge in [-0.3, -0.25) is 4.98 Å². The van der Waals surface area contributed by atoms with Crippen LogP contribution in [0.5, 0.6) is 0 Å². The zero-order chi connectivity index (χ0) is 17.3. The second kappa shape index (κ2) is 6.22. The van der Waals surface area contributed by atoms with Gasteiger partial charge in [0.15, 0.2) is 11.5 Å². The molecule has 1 aliphatic heterocycles. The molecule has 4 aromatic rings. The molecular formula is C20H18N6. The summed E-state index contributed by atoms with van der Waals surface area (Å²) in [6, 6.07) is 20.4. The monoisotopic (exact) mass is 342 g/mol. The number of benzene rings is 1. The number of anilines is 1. The van der Waals surface area contributed by atoms with Gasteiger partial charge in [-0.25, -0.2) is 0 Å². The van der Waals surface area contributed by atoms with E-state index >= 15 is 0 Å². The van der Waals surface area contributed by atoms with Gasteiger partial charge in [-0.2, -0.15) is 4.52 Å². The minimum atomic E-state index is 0.262. The molecule has 0 aliphatic carbocycles. The molecule has 128 valence electrons. The first kappa shape index (κ1) is 15.0. The average Bonchev–Trinajstić information content (AvgIpc) is 3.36. The smallest absolute Gasteiger partial charge is 0.185 e. The van der Waals surface area contributed by atoms with Crippen molar-refractivity contribution in [3.8, 4) is 11.4 Å². The lowest BCUT2D eigenvalue weighted by molar-refractivity contribution is 0.680. The summed E-state index contributed by atoms with van der Waals surface area (Å²) in [5, 5.41) is 13.4. The lowest BCUT2D eigenvalue weighted by Gasteiger charge is -2.25. The molecular weight excluding hydrogens is 324 g/mol. The Morgan fingerprint density at radius 2 is 1.77 bits per heavy atom. The van der Waals surface area contributed by atoms with E-state index in [1.165, 1.54) is 0 Å². The average molecular weight is 342 g/mol. The topological polar surface area (TPSA) is 59.2 Å². The molecule has 26 heavy (non-hydrogen) atoms. The summed E-state index contributed by atoms with van der Waals surface area (Å²) in [7, 11) is 0. The second-order valence-corrected chi connectivity index (χ2v) is 6.46. The maximum absolute atomic E-state index is 4.86. The van der Waals surface area contributed by atoms with Crippen LogP contribution in [0.4, 0.5) is 5.82 Å². The summed E-state index contributed by atoms with van der Waals surface area (Å²) in [5.41, 5.74) is 2.85. The minimum Gasteiger partial charge on any atom is -0.347 e. The van der Waals surface area contributed by atoms with Crippen LogP contribution in [0.3, 0.4) is 0 Å². The molecule has 0 bridgehead atoms.